The molecule has 0 aliphatic carbocycles. The molecule has 600 valence electrons. The summed E-state index contributed by atoms with van der Waals surface area (Å²) in [7, 11) is -9.92. The molecule has 19 heteroatoms. The number of hydrogen-bond donors (Lipinski definition) is 3. The lowest BCUT2D eigenvalue weighted by Gasteiger charge is -2.21. The lowest BCUT2D eigenvalue weighted by atomic mass is 10.0. The second kappa shape index (κ2) is 73.6. The quantitative estimate of drug-likeness (QED) is 0.0222. The van der Waals surface area contributed by atoms with Gasteiger partial charge in [0.15, 0.2) is 12.2 Å². The molecule has 0 saturated carbocycles. The third-order valence-corrected chi connectivity index (χ3v) is 21.1. The lowest BCUT2D eigenvalue weighted by Crippen LogP contribution is -2.30. The summed E-state index contributed by atoms with van der Waals surface area (Å²) in [5.74, 6) is -0.626. The highest BCUT2D eigenvalue weighted by molar-refractivity contribution is 7.47. The first-order valence-electron chi connectivity index (χ1n) is 42.5. The molecule has 17 nitrogen and oxygen atoms in total. The van der Waals surface area contributed by atoms with E-state index in [0.717, 1.165) is 102 Å². The van der Waals surface area contributed by atoms with Crippen molar-refractivity contribution in [2.75, 3.05) is 39.6 Å². The van der Waals surface area contributed by atoms with E-state index in [4.69, 9.17) is 37.0 Å². The maximum Gasteiger partial charge on any atom is 0.472 e. The summed E-state index contributed by atoms with van der Waals surface area (Å²) in [5.41, 5.74) is 0. The Morgan fingerprint density at radius 2 is 0.455 bits per heavy atom. The van der Waals surface area contributed by atoms with Gasteiger partial charge in [0.2, 0.25) is 0 Å². The number of ether oxygens (including phenoxy) is 4. The predicted octanol–water partition coefficient (Wildman–Crippen LogP) is 24.7. The molecule has 0 saturated heterocycles. The Kier molecular flexibility index (Phi) is 72.2. The Morgan fingerprint density at radius 3 is 0.673 bits per heavy atom. The first kappa shape index (κ1) is 99.1. The number of unbranched alkanes of at least 4 members (excludes halogenated alkanes) is 51. The largest absolute Gasteiger partial charge is 0.472 e. The molecule has 0 aromatic rings. The Labute approximate surface area is 619 Å². The molecule has 0 rings (SSSR count). The summed E-state index contributed by atoms with van der Waals surface area (Å²) in [6.07, 6.45) is 63.9. The van der Waals surface area contributed by atoms with Crippen molar-refractivity contribution in [3.8, 4) is 0 Å². The molecule has 5 atom stereocenters. The molecule has 0 fully saturated rings. The van der Waals surface area contributed by atoms with Gasteiger partial charge >= 0.3 is 39.5 Å². The second-order valence-electron chi connectivity index (χ2n) is 30.5. The molecule has 0 radical (unpaired) electrons. The fourth-order valence-corrected chi connectivity index (χ4v) is 14.3. The van der Waals surface area contributed by atoms with E-state index in [9.17, 15) is 43.2 Å². The van der Waals surface area contributed by atoms with Gasteiger partial charge in [-0.15, -0.1) is 0 Å². The Balaban J connectivity index is 5.23. The summed E-state index contributed by atoms with van der Waals surface area (Å²) >= 11 is 0. The predicted molar refractivity (Wildman–Crippen MR) is 414 cm³/mol. The first-order valence-corrected chi connectivity index (χ1v) is 45.5. The number of rotatable bonds is 81. The highest BCUT2D eigenvalue weighted by atomic mass is 31.2. The molecular weight excluding hydrogens is 1320 g/mol. The van der Waals surface area contributed by atoms with Gasteiger partial charge in [0, 0.05) is 25.7 Å². The molecule has 0 amide bonds. The van der Waals surface area contributed by atoms with Gasteiger partial charge in [-0.2, -0.15) is 0 Å². The third-order valence-electron chi connectivity index (χ3n) is 19.2. The number of aliphatic hydroxyl groups is 1. The smallest absolute Gasteiger partial charge is 0.462 e. The molecule has 0 aliphatic rings. The van der Waals surface area contributed by atoms with Crippen LogP contribution < -0.4 is 0 Å². The van der Waals surface area contributed by atoms with Gasteiger partial charge in [-0.1, -0.05) is 382 Å². The topological polar surface area (TPSA) is 237 Å². The van der Waals surface area contributed by atoms with Crippen LogP contribution in [0.3, 0.4) is 0 Å². The van der Waals surface area contributed by atoms with Crippen LogP contribution in [0.25, 0.3) is 0 Å². The van der Waals surface area contributed by atoms with Gasteiger partial charge in [-0.25, -0.2) is 9.13 Å². The molecule has 0 aliphatic heterocycles. The minimum absolute atomic E-state index is 0.106. The van der Waals surface area contributed by atoms with Crippen LogP contribution in [0.15, 0.2) is 0 Å². The van der Waals surface area contributed by atoms with Crippen molar-refractivity contribution in [3.63, 3.8) is 0 Å². The van der Waals surface area contributed by atoms with Crippen molar-refractivity contribution >= 4 is 39.5 Å². The molecule has 0 heterocycles. The molecule has 2 unspecified atom stereocenters. The van der Waals surface area contributed by atoms with Crippen LogP contribution in [-0.2, 0) is 65.4 Å². The van der Waals surface area contributed by atoms with Gasteiger partial charge in [-0.3, -0.25) is 37.3 Å². The van der Waals surface area contributed by atoms with Gasteiger partial charge in [0.1, 0.15) is 19.3 Å². The van der Waals surface area contributed by atoms with E-state index in [1.54, 1.807) is 0 Å². The number of esters is 4. The van der Waals surface area contributed by atoms with Crippen molar-refractivity contribution in [1.29, 1.82) is 0 Å². The molecule has 0 spiro atoms. The standard InChI is InChI=1S/C82H160O17P2/c1-7-9-11-13-15-17-19-21-23-25-26-27-28-30-32-37-41-47-54-60-66-81(86)98-77(70-92-79(84)64-58-52-46-40-36-31-29-24-22-20-18-16-14-12-10-8-2)72-96-100(88,89)94-68-76(83)69-95-101(90,91)97-73-78(71-93-80(85)65-59-53-49-43-45-51-57-63-75(5)6)99-82(87)67-61-55-48-42-38-34-33-35-39-44-50-56-62-74(3)4/h74-78,83H,7-73H2,1-6H3,(H,88,89)(H,90,91)/t76-,77-,78-/m1/s1. The number of phosphoric ester groups is 2. The van der Waals surface area contributed by atoms with Crippen molar-refractivity contribution < 1.29 is 80.2 Å². The first-order chi connectivity index (χ1) is 48.9. The van der Waals surface area contributed by atoms with Gasteiger partial charge in [-0.05, 0) is 37.5 Å². The highest BCUT2D eigenvalue weighted by Gasteiger charge is 2.30. The molecule has 0 aromatic heterocycles. The molecular formula is C82H160O17P2. The summed E-state index contributed by atoms with van der Waals surface area (Å²) < 4.78 is 68.7. The zero-order valence-electron chi connectivity index (χ0n) is 66.2. The van der Waals surface area contributed by atoms with E-state index in [1.165, 1.54) is 244 Å². The number of carbonyl (C=O) groups is 4. The normalized spacial score (nSPS) is 13.9. The molecule has 0 bridgehead atoms. The van der Waals surface area contributed by atoms with Gasteiger partial charge < -0.3 is 33.8 Å². The van der Waals surface area contributed by atoms with Crippen LogP contribution in [0.5, 0.6) is 0 Å². The third kappa shape index (κ3) is 76.1. The van der Waals surface area contributed by atoms with Crippen LogP contribution >= 0.6 is 15.6 Å². The zero-order chi connectivity index (χ0) is 74.2. The monoisotopic (exact) mass is 1480 g/mol. The molecule has 0 aromatic carbocycles. The Hall–Kier alpha value is -1.94. The van der Waals surface area contributed by atoms with Crippen LogP contribution in [0.2, 0.25) is 0 Å². The van der Waals surface area contributed by atoms with E-state index < -0.39 is 97.5 Å². The van der Waals surface area contributed by atoms with Gasteiger partial charge in [0.05, 0.1) is 26.4 Å². The van der Waals surface area contributed by atoms with Crippen molar-refractivity contribution in [1.82, 2.24) is 0 Å². The van der Waals surface area contributed by atoms with Crippen LogP contribution in [0.1, 0.15) is 433 Å². The number of hydrogen-bond acceptors (Lipinski definition) is 15. The average molecular weight is 1480 g/mol. The Morgan fingerprint density at radius 1 is 0.267 bits per heavy atom. The maximum atomic E-state index is 13.1. The van der Waals surface area contributed by atoms with E-state index in [0.29, 0.717) is 31.6 Å². The second-order valence-corrected chi connectivity index (χ2v) is 33.4. The Bertz CT molecular complexity index is 1940. The number of aliphatic hydroxyl groups excluding tert-OH is 1. The van der Waals surface area contributed by atoms with Crippen LogP contribution in [0.4, 0.5) is 0 Å². The average Bonchev–Trinajstić information content (AvgIpc) is 0.928. The van der Waals surface area contributed by atoms with E-state index in [-0.39, 0.29) is 25.7 Å². The minimum Gasteiger partial charge on any atom is -0.462 e. The summed E-state index contributed by atoms with van der Waals surface area (Å²) in [5, 5.41) is 10.6. The summed E-state index contributed by atoms with van der Waals surface area (Å²) in [4.78, 5) is 73.1. The molecule has 3 N–H and O–H groups in total. The summed E-state index contributed by atoms with van der Waals surface area (Å²) in [6.45, 7) is 9.60. The molecule has 101 heavy (non-hydrogen) atoms. The minimum atomic E-state index is -4.96. The lowest BCUT2D eigenvalue weighted by molar-refractivity contribution is -0.161. The SMILES string of the molecule is CCCCCCCCCCCCCCCCCCCCCCC(=O)O[C@H](COC(=O)CCCCCCCCCCCCCCCCCC)COP(=O)(O)OC[C@@H](O)COP(=O)(O)OC[C@@H](COC(=O)CCCCCCCCCC(C)C)OC(=O)CCCCCCCCCCCCCCC(C)C. The van der Waals surface area contributed by atoms with Crippen molar-refractivity contribution in [3.05, 3.63) is 0 Å². The number of phosphoric acid groups is 2. The van der Waals surface area contributed by atoms with Crippen LogP contribution in [0, 0.1) is 11.8 Å². The van der Waals surface area contributed by atoms with E-state index in [2.05, 4.69) is 41.5 Å². The zero-order valence-corrected chi connectivity index (χ0v) is 68.0. The van der Waals surface area contributed by atoms with E-state index in [1.807, 2.05) is 0 Å². The maximum absolute atomic E-state index is 13.1. The summed E-state index contributed by atoms with van der Waals surface area (Å²) in [6, 6.07) is 0. The van der Waals surface area contributed by atoms with E-state index >= 15 is 0 Å². The van der Waals surface area contributed by atoms with Crippen LogP contribution in [-0.4, -0.2) is 96.7 Å². The van der Waals surface area contributed by atoms with Crippen molar-refractivity contribution in [2.24, 2.45) is 11.8 Å². The van der Waals surface area contributed by atoms with Gasteiger partial charge in [0.25, 0.3) is 0 Å². The fraction of sp³-hybridized carbons (Fsp3) is 0.951. The van der Waals surface area contributed by atoms with Crippen molar-refractivity contribution in [2.45, 2.75) is 452 Å². The number of carbonyl (C=O) groups excluding carboxylic acids is 4. The highest BCUT2D eigenvalue weighted by Crippen LogP contribution is 2.45. The fourth-order valence-electron chi connectivity index (χ4n) is 12.7.